The van der Waals surface area contributed by atoms with Crippen LogP contribution in [-0.2, 0) is 14.8 Å². The largest absolute Gasteiger partial charge is 0.340 e. The summed E-state index contributed by atoms with van der Waals surface area (Å²) >= 11 is 0. The molecule has 5 nitrogen and oxygen atoms in total. The van der Waals surface area contributed by atoms with Gasteiger partial charge in [-0.25, -0.2) is 12.8 Å². The number of carbonyl (C=O) groups is 1. The molecule has 0 aromatic heterocycles. The van der Waals surface area contributed by atoms with Crippen LogP contribution < -0.4 is 0 Å². The maximum atomic E-state index is 13.1. The highest BCUT2D eigenvalue weighted by Gasteiger charge is 2.44. The lowest BCUT2D eigenvalue weighted by molar-refractivity contribution is -0.140. The second-order valence-corrected chi connectivity index (χ2v) is 9.45. The van der Waals surface area contributed by atoms with Gasteiger partial charge in [-0.2, -0.15) is 4.31 Å². The Morgan fingerprint density at radius 1 is 1.12 bits per heavy atom. The standard InChI is InChI=1S/C18H25FN2O3S/c1-14(2)21-13-18(10-8-17(21)22)9-3-11-20(12-18)25(23,24)16-6-4-15(19)5-7-16/h4-7,14H,3,8-13H2,1-2H3/t18-/m0/s1. The number of hydrogen-bond acceptors (Lipinski definition) is 3. The smallest absolute Gasteiger partial charge is 0.243 e. The van der Waals surface area contributed by atoms with Crippen molar-refractivity contribution in [1.82, 2.24) is 9.21 Å². The molecule has 1 aromatic rings. The molecule has 25 heavy (non-hydrogen) atoms. The van der Waals surface area contributed by atoms with Gasteiger partial charge in [-0.3, -0.25) is 4.79 Å². The summed E-state index contributed by atoms with van der Waals surface area (Å²) in [4.78, 5) is 14.1. The molecular formula is C18H25FN2O3S. The lowest BCUT2D eigenvalue weighted by Crippen LogP contribution is -2.56. The van der Waals surface area contributed by atoms with Crippen molar-refractivity contribution in [1.29, 1.82) is 0 Å². The minimum atomic E-state index is -3.64. The molecule has 1 spiro atoms. The summed E-state index contributed by atoms with van der Waals surface area (Å²) in [5.41, 5.74) is -0.177. The molecule has 1 amide bonds. The van der Waals surface area contributed by atoms with Crippen LogP contribution in [0.15, 0.2) is 29.2 Å². The summed E-state index contributed by atoms with van der Waals surface area (Å²) in [5.74, 6) is -0.299. The molecule has 3 rings (SSSR count). The van der Waals surface area contributed by atoms with Crippen LogP contribution in [0.25, 0.3) is 0 Å². The molecule has 0 radical (unpaired) electrons. The summed E-state index contributed by atoms with van der Waals surface area (Å²) < 4.78 is 40.5. The van der Waals surface area contributed by atoms with E-state index in [2.05, 4.69) is 0 Å². The van der Waals surface area contributed by atoms with Gasteiger partial charge in [0.2, 0.25) is 15.9 Å². The van der Waals surface area contributed by atoms with Crippen LogP contribution in [0.4, 0.5) is 4.39 Å². The average Bonchev–Trinajstić information content (AvgIpc) is 2.58. The fourth-order valence-electron chi connectivity index (χ4n) is 3.97. The van der Waals surface area contributed by atoms with Gasteiger partial charge >= 0.3 is 0 Å². The highest BCUT2D eigenvalue weighted by Crippen LogP contribution is 2.40. The second-order valence-electron chi connectivity index (χ2n) is 7.51. The summed E-state index contributed by atoms with van der Waals surface area (Å²) in [6.07, 6.45) is 2.91. The number of nitrogens with zero attached hydrogens (tertiary/aromatic N) is 2. The molecule has 0 saturated carbocycles. The van der Waals surface area contributed by atoms with Crippen LogP contribution in [0.2, 0.25) is 0 Å². The van der Waals surface area contributed by atoms with E-state index in [1.54, 1.807) is 0 Å². The summed E-state index contributed by atoms with van der Waals surface area (Å²) in [7, 11) is -3.64. The fraction of sp³-hybridized carbons (Fsp3) is 0.611. The third-order valence-electron chi connectivity index (χ3n) is 5.40. The van der Waals surface area contributed by atoms with Gasteiger partial charge in [-0.15, -0.1) is 0 Å². The normalized spacial score (nSPS) is 25.8. The monoisotopic (exact) mass is 368 g/mol. The first-order valence-corrected chi connectivity index (χ1v) is 10.2. The van der Waals surface area contributed by atoms with E-state index in [-0.39, 0.29) is 22.3 Å². The van der Waals surface area contributed by atoms with E-state index in [1.165, 1.54) is 28.6 Å². The Balaban J connectivity index is 1.83. The quantitative estimate of drug-likeness (QED) is 0.824. The van der Waals surface area contributed by atoms with Gasteiger partial charge in [0.05, 0.1) is 4.90 Å². The topological polar surface area (TPSA) is 57.7 Å². The van der Waals surface area contributed by atoms with E-state index in [1.807, 2.05) is 18.7 Å². The molecule has 138 valence electrons. The first-order valence-electron chi connectivity index (χ1n) is 8.79. The van der Waals surface area contributed by atoms with Crippen molar-refractivity contribution in [2.75, 3.05) is 19.6 Å². The van der Waals surface area contributed by atoms with E-state index >= 15 is 0 Å². The van der Waals surface area contributed by atoms with Crippen LogP contribution in [0.5, 0.6) is 0 Å². The van der Waals surface area contributed by atoms with Crippen molar-refractivity contribution >= 4 is 15.9 Å². The van der Waals surface area contributed by atoms with Crippen LogP contribution in [0.1, 0.15) is 39.5 Å². The van der Waals surface area contributed by atoms with Gasteiger partial charge in [0.15, 0.2) is 0 Å². The zero-order chi connectivity index (χ0) is 18.2. The Morgan fingerprint density at radius 3 is 2.44 bits per heavy atom. The van der Waals surface area contributed by atoms with Gasteiger partial charge in [-0.1, -0.05) is 0 Å². The number of amides is 1. The number of benzene rings is 1. The first-order chi connectivity index (χ1) is 11.7. The predicted molar refractivity (Wildman–Crippen MR) is 92.9 cm³/mol. The fourth-order valence-corrected chi connectivity index (χ4v) is 5.56. The summed E-state index contributed by atoms with van der Waals surface area (Å²) in [6, 6.07) is 5.10. The van der Waals surface area contributed by atoms with Crippen molar-refractivity contribution in [3.05, 3.63) is 30.1 Å². The number of sulfonamides is 1. The Labute approximate surface area is 148 Å². The van der Waals surface area contributed by atoms with Crippen molar-refractivity contribution in [3.8, 4) is 0 Å². The van der Waals surface area contributed by atoms with Crippen LogP contribution in [0, 0.1) is 11.2 Å². The zero-order valence-corrected chi connectivity index (χ0v) is 15.6. The maximum Gasteiger partial charge on any atom is 0.243 e. The lowest BCUT2D eigenvalue weighted by atomic mass is 9.74. The lowest BCUT2D eigenvalue weighted by Gasteiger charge is -2.48. The summed E-state index contributed by atoms with van der Waals surface area (Å²) in [5, 5.41) is 0. The van der Waals surface area contributed by atoms with Gasteiger partial charge < -0.3 is 4.90 Å². The van der Waals surface area contributed by atoms with E-state index in [4.69, 9.17) is 0 Å². The molecule has 2 saturated heterocycles. The molecule has 2 heterocycles. The second kappa shape index (κ2) is 6.68. The van der Waals surface area contributed by atoms with E-state index < -0.39 is 15.8 Å². The molecule has 2 aliphatic rings. The minimum absolute atomic E-state index is 0.119. The highest BCUT2D eigenvalue weighted by atomic mass is 32.2. The molecule has 0 aliphatic carbocycles. The number of likely N-dealkylation sites (tertiary alicyclic amines) is 1. The molecule has 2 fully saturated rings. The van der Waals surface area contributed by atoms with Gasteiger partial charge in [0.25, 0.3) is 0 Å². The van der Waals surface area contributed by atoms with Crippen molar-refractivity contribution in [2.24, 2.45) is 5.41 Å². The number of hydrogen-bond donors (Lipinski definition) is 0. The summed E-state index contributed by atoms with van der Waals surface area (Å²) in [6.45, 7) is 5.48. The van der Waals surface area contributed by atoms with Crippen molar-refractivity contribution in [2.45, 2.75) is 50.5 Å². The molecular weight excluding hydrogens is 343 g/mol. The molecule has 2 aliphatic heterocycles. The number of carbonyl (C=O) groups excluding carboxylic acids is 1. The average molecular weight is 368 g/mol. The molecule has 0 bridgehead atoms. The Kier molecular flexibility index (Phi) is 4.90. The van der Waals surface area contributed by atoms with Gasteiger partial charge in [0.1, 0.15) is 5.82 Å². The van der Waals surface area contributed by atoms with Gasteiger partial charge in [0, 0.05) is 37.5 Å². The van der Waals surface area contributed by atoms with E-state index in [0.717, 1.165) is 19.3 Å². The molecule has 0 N–H and O–H groups in total. The number of halogens is 1. The maximum absolute atomic E-state index is 13.1. The van der Waals surface area contributed by atoms with Crippen LogP contribution >= 0.6 is 0 Å². The number of piperidine rings is 2. The van der Waals surface area contributed by atoms with E-state index in [0.29, 0.717) is 26.1 Å². The first kappa shape index (κ1) is 18.3. The van der Waals surface area contributed by atoms with Crippen molar-refractivity contribution < 1.29 is 17.6 Å². The van der Waals surface area contributed by atoms with Crippen LogP contribution in [-0.4, -0.2) is 49.2 Å². The SMILES string of the molecule is CC(C)N1C[C@@]2(CCCN(S(=O)(=O)c3ccc(F)cc3)C2)CCC1=O. The Bertz CT molecular complexity index is 748. The molecule has 1 aromatic carbocycles. The Hall–Kier alpha value is -1.47. The van der Waals surface area contributed by atoms with Crippen LogP contribution in [0.3, 0.4) is 0 Å². The molecule has 7 heteroatoms. The van der Waals surface area contributed by atoms with E-state index in [9.17, 15) is 17.6 Å². The number of rotatable bonds is 3. The minimum Gasteiger partial charge on any atom is -0.340 e. The molecule has 1 atom stereocenters. The van der Waals surface area contributed by atoms with Crippen molar-refractivity contribution in [3.63, 3.8) is 0 Å². The van der Waals surface area contributed by atoms with Gasteiger partial charge in [-0.05, 0) is 57.4 Å². The zero-order valence-electron chi connectivity index (χ0n) is 14.7. The third-order valence-corrected chi connectivity index (χ3v) is 7.26. The highest BCUT2D eigenvalue weighted by molar-refractivity contribution is 7.89. The molecule has 0 unspecified atom stereocenters. The Morgan fingerprint density at radius 2 is 1.80 bits per heavy atom. The predicted octanol–water partition coefficient (Wildman–Crippen LogP) is 2.63. The third kappa shape index (κ3) is 3.58.